The topological polar surface area (TPSA) is 59.1 Å². The molecule has 1 aromatic carbocycles. The molecule has 0 aliphatic carbocycles. The Morgan fingerprint density at radius 1 is 1.05 bits per heavy atom. The lowest BCUT2D eigenvalue weighted by Gasteiger charge is -2.07. The van der Waals surface area contributed by atoms with Crippen molar-refractivity contribution < 1.29 is 8.42 Å². The highest BCUT2D eigenvalue weighted by Crippen LogP contribution is 2.12. The molecule has 0 aliphatic heterocycles. The first kappa shape index (κ1) is 16.6. The standard InChI is InChI=1S/C17H22N2O2S/c1-2-3-6-15-8-10-17(11-9-15)22(20,21)19-14-12-16-7-4-5-13-18-16/h4-5,7-11,13,19H,2-3,6,12,14H2,1H3. The van der Waals surface area contributed by atoms with Gasteiger partial charge < -0.3 is 0 Å². The number of aromatic nitrogens is 1. The van der Waals surface area contributed by atoms with Crippen molar-refractivity contribution in [3.8, 4) is 0 Å². The molecule has 0 spiro atoms. The highest BCUT2D eigenvalue weighted by Gasteiger charge is 2.13. The lowest BCUT2D eigenvalue weighted by molar-refractivity contribution is 0.581. The van der Waals surface area contributed by atoms with Crippen molar-refractivity contribution in [3.05, 3.63) is 59.9 Å². The molecule has 0 unspecified atom stereocenters. The molecule has 0 fully saturated rings. The van der Waals surface area contributed by atoms with Gasteiger partial charge in [-0.15, -0.1) is 0 Å². The Balaban J connectivity index is 1.92. The van der Waals surface area contributed by atoms with Gasteiger partial charge >= 0.3 is 0 Å². The number of aryl methyl sites for hydroxylation is 1. The second-order valence-corrected chi connectivity index (χ2v) is 6.98. The quantitative estimate of drug-likeness (QED) is 0.814. The minimum atomic E-state index is -3.45. The normalized spacial score (nSPS) is 11.5. The van der Waals surface area contributed by atoms with Crippen molar-refractivity contribution in [1.82, 2.24) is 9.71 Å². The summed E-state index contributed by atoms with van der Waals surface area (Å²) < 4.78 is 27.1. The highest BCUT2D eigenvalue weighted by atomic mass is 32.2. The predicted molar refractivity (Wildman–Crippen MR) is 88.2 cm³/mol. The van der Waals surface area contributed by atoms with E-state index in [1.807, 2.05) is 30.3 Å². The molecule has 1 aromatic heterocycles. The smallest absolute Gasteiger partial charge is 0.240 e. The van der Waals surface area contributed by atoms with E-state index in [1.54, 1.807) is 18.3 Å². The molecule has 4 nitrogen and oxygen atoms in total. The molecular weight excluding hydrogens is 296 g/mol. The molecule has 5 heteroatoms. The Labute approximate surface area is 132 Å². The number of nitrogens with one attached hydrogen (secondary N) is 1. The van der Waals surface area contributed by atoms with Crippen molar-refractivity contribution in [2.24, 2.45) is 0 Å². The maximum Gasteiger partial charge on any atom is 0.240 e. The van der Waals surface area contributed by atoms with Crippen molar-refractivity contribution in [2.75, 3.05) is 6.54 Å². The number of nitrogens with zero attached hydrogens (tertiary/aromatic N) is 1. The predicted octanol–water partition coefficient (Wildman–Crippen LogP) is 2.95. The van der Waals surface area contributed by atoms with Gasteiger partial charge in [-0.3, -0.25) is 4.98 Å². The van der Waals surface area contributed by atoms with Crippen LogP contribution in [0.15, 0.2) is 53.6 Å². The molecule has 0 saturated carbocycles. The highest BCUT2D eigenvalue weighted by molar-refractivity contribution is 7.89. The van der Waals surface area contributed by atoms with E-state index in [0.29, 0.717) is 17.9 Å². The van der Waals surface area contributed by atoms with Gasteiger partial charge in [0.15, 0.2) is 0 Å². The van der Waals surface area contributed by atoms with Gasteiger partial charge in [0, 0.05) is 24.9 Å². The van der Waals surface area contributed by atoms with Crippen molar-refractivity contribution in [1.29, 1.82) is 0 Å². The third-order valence-corrected chi connectivity index (χ3v) is 4.93. The second-order valence-electron chi connectivity index (χ2n) is 5.22. The summed E-state index contributed by atoms with van der Waals surface area (Å²) in [6.07, 6.45) is 5.53. The summed E-state index contributed by atoms with van der Waals surface area (Å²) in [6.45, 7) is 2.49. The average Bonchev–Trinajstić information content (AvgIpc) is 2.54. The van der Waals surface area contributed by atoms with Crippen LogP contribution in [0.2, 0.25) is 0 Å². The summed E-state index contributed by atoms with van der Waals surface area (Å²) in [5.74, 6) is 0. The Morgan fingerprint density at radius 3 is 2.45 bits per heavy atom. The number of unbranched alkanes of at least 4 members (excludes halogenated alkanes) is 1. The summed E-state index contributed by atoms with van der Waals surface area (Å²) in [6, 6.07) is 12.8. The molecule has 22 heavy (non-hydrogen) atoms. The SMILES string of the molecule is CCCCc1ccc(S(=O)(=O)NCCc2ccccn2)cc1. The fourth-order valence-corrected chi connectivity index (χ4v) is 3.19. The summed E-state index contributed by atoms with van der Waals surface area (Å²) in [7, 11) is -3.45. The first-order valence-electron chi connectivity index (χ1n) is 7.60. The van der Waals surface area contributed by atoms with E-state index >= 15 is 0 Å². The zero-order chi connectivity index (χ0) is 15.8. The van der Waals surface area contributed by atoms with Gasteiger partial charge in [0.05, 0.1) is 4.90 Å². The van der Waals surface area contributed by atoms with E-state index in [-0.39, 0.29) is 0 Å². The van der Waals surface area contributed by atoms with Gasteiger partial charge in [0.1, 0.15) is 0 Å². The van der Waals surface area contributed by atoms with Crippen molar-refractivity contribution in [3.63, 3.8) is 0 Å². The molecule has 1 N–H and O–H groups in total. The van der Waals surface area contributed by atoms with Crippen LogP contribution < -0.4 is 4.72 Å². The molecule has 0 aliphatic rings. The zero-order valence-corrected chi connectivity index (χ0v) is 13.6. The van der Waals surface area contributed by atoms with Crippen molar-refractivity contribution >= 4 is 10.0 Å². The van der Waals surface area contributed by atoms with Gasteiger partial charge in [-0.05, 0) is 42.7 Å². The van der Waals surface area contributed by atoms with Crippen LogP contribution in [0.25, 0.3) is 0 Å². The lowest BCUT2D eigenvalue weighted by atomic mass is 10.1. The van der Waals surface area contributed by atoms with Crippen LogP contribution in [-0.4, -0.2) is 19.9 Å². The number of pyridine rings is 1. The van der Waals surface area contributed by atoms with E-state index in [4.69, 9.17) is 0 Å². The van der Waals surface area contributed by atoms with Crippen LogP contribution in [0.3, 0.4) is 0 Å². The van der Waals surface area contributed by atoms with Crippen LogP contribution in [0.1, 0.15) is 31.0 Å². The fraction of sp³-hybridized carbons (Fsp3) is 0.353. The molecule has 0 amide bonds. The Morgan fingerprint density at radius 2 is 1.82 bits per heavy atom. The number of rotatable bonds is 8. The number of sulfonamides is 1. The molecule has 1 heterocycles. The van der Waals surface area contributed by atoms with Gasteiger partial charge in [0.25, 0.3) is 0 Å². The first-order valence-corrected chi connectivity index (χ1v) is 9.08. The molecule has 0 saturated heterocycles. The average molecular weight is 318 g/mol. The van der Waals surface area contributed by atoms with Crippen LogP contribution in [0.5, 0.6) is 0 Å². The van der Waals surface area contributed by atoms with Gasteiger partial charge in [-0.2, -0.15) is 0 Å². The number of hydrogen-bond acceptors (Lipinski definition) is 3. The van der Waals surface area contributed by atoms with Crippen LogP contribution in [-0.2, 0) is 22.9 Å². The van der Waals surface area contributed by atoms with E-state index in [2.05, 4.69) is 16.6 Å². The lowest BCUT2D eigenvalue weighted by Crippen LogP contribution is -2.26. The summed E-state index contributed by atoms with van der Waals surface area (Å²) in [5.41, 5.74) is 2.05. The Bertz CT molecular complexity index is 668. The summed E-state index contributed by atoms with van der Waals surface area (Å²) >= 11 is 0. The van der Waals surface area contributed by atoms with Gasteiger partial charge in [-0.1, -0.05) is 31.5 Å². The summed E-state index contributed by atoms with van der Waals surface area (Å²) in [4.78, 5) is 4.49. The number of hydrogen-bond donors (Lipinski definition) is 1. The summed E-state index contributed by atoms with van der Waals surface area (Å²) in [5, 5.41) is 0. The molecular formula is C17H22N2O2S. The maximum atomic E-state index is 12.2. The van der Waals surface area contributed by atoms with E-state index in [9.17, 15) is 8.42 Å². The van der Waals surface area contributed by atoms with E-state index in [1.165, 1.54) is 5.56 Å². The number of benzene rings is 1. The Kier molecular flexibility index (Phi) is 6.10. The zero-order valence-electron chi connectivity index (χ0n) is 12.8. The monoisotopic (exact) mass is 318 g/mol. The molecule has 0 bridgehead atoms. The Hall–Kier alpha value is -1.72. The minimum absolute atomic E-state index is 0.314. The van der Waals surface area contributed by atoms with Crippen LogP contribution in [0, 0.1) is 0 Å². The molecule has 2 rings (SSSR count). The maximum absolute atomic E-state index is 12.2. The molecule has 2 aromatic rings. The second kappa shape index (κ2) is 8.06. The third kappa shape index (κ3) is 4.93. The van der Waals surface area contributed by atoms with Crippen LogP contribution in [0.4, 0.5) is 0 Å². The van der Waals surface area contributed by atoms with Gasteiger partial charge in [0.2, 0.25) is 10.0 Å². The minimum Gasteiger partial charge on any atom is -0.261 e. The first-order chi connectivity index (χ1) is 10.6. The molecule has 0 radical (unpaired) electrons. The molecule has 118 valence electrons. The van der Waals surface area contributed by atoms with E-state index < -0.39 is 10.0 Å². The van der Waals surface area contributed by atoms with E-state index in [0.717, 1.165) is 25.0 Å². The molecule has 0 atom stereocenters. The van der Waals surface area contributed by atoms with Crippen molar-refractivity contribution in [2.45, 2.75) is 37.5 Å². The van der Waals surface area contributed by atoms with Gasteiger partial charge in [-0.25, -0.2) is 13.1 Å². The third-order valence-electron chi connectivity index (χ3n) is 3.45. The van der Waals surface area contributed by atoms with Crippen LogP contribution >= 0.6 is 0 Å². The largest absolute Gasteiger partial charge is 0.261 e. The fourth-order valence-electron chi connectivity index (χ4n) is 2.16.